The molecule has 2 aromatic carbocycles. The molecule has 0 fully saturated rings. The number of para-hydroxylation sites is 1. The first-order chi connectivity index (χ1) is 9.70. The molecule has 5 nitrogen and oxygen atoms in total. The van der Waals surface area contributed by atoms with Crippen LogP contribution in [0.3, 0.4) is 0 Å². The van der Waals surface area contributed by atoms with E-state index in [1.165, 1.54) is 0 Å². The summed E-state index contributed by atoms with van der Waals surface area (Å²) in [6.45, 7) is -0.530. The van der Waals surface area contributed by atoms with E-state index in [4.69, 9.17) is 14.9 Å². The zero-order valence-electron chi connectivity index (χ0n) is 10.6. The van der Waals surface area contributed by atoms with Crippen LogP contribution in [-0.2, 0) is 11.3 Å². The Morgan fingerprint density at radius 3 is 2.60 bits per heavy atom. The van der Waals surface area contributed by atoms with Gasteiger partial charge in [-0.3, -0.25) is 4.79 Å². The Hall–Kier alpha value is -2.53. The Labute approximate surface area is 114 Å². The summed E-state index contributed by atoms with van der Waals surface area (Å²) in [6, 6.07) is 13.0. The molecule has 0 atom stereocenters. The number of rotatable bonds is 4. The van der Waals surface area contributed by atoms with Crippen molar-refractivity contribution in [1.29, 1.82) is 0 Å². The van der Waals surface area contributed by atoms with Gasteiger partial charge in [-0.15, -0.1) is 0 Å². The van der Waals surface area contributed by atoms with Crippen molar-refractivity contribution in [2.75, 3.05) is 6.79 Å². The minimum absolute atomic E-state index is 0.118. The average molecular weight is 271 g/mol. The Morgan fingerprint density at radius 2 is 1.85 bits per heavy atom. The van der Waals surface area contributed by atoms with Gasteiger partial charge in [0.2, 0.25) is 0 Å². The van der Waals surface area contributed by atoms with Crippen LogP contribution >= 0.6 is 0 Å². The van der Waals surface area contributed by atoms with Gasteiger partial charge in [0.25, 0.3) is 0 Å². The molecule has 0 saturated heterocycles. The molecular weight excluding hydrogens is 258 g/mol. The minimum atomic E-state index is -0.902. The van der Waals surface area contributed by atoms with Gasteiger partial charge in [0.05, 0.1) is 5.52 Å². The van der Waals surface area contributed by atoms with Crippen molar-refractivity contribution in [1.82, 2.24) is 4.57 Å². The molecule has 0 radical (unpaired) electrons. The fraction of sp³-hybridized carbons (Fsp3) is 0.133. The molecule has 2 N–H and O–H groups in total. The standard InChI is InChI=1S/C15H13NO4/c17-9-20-10-5-6-12-11-3-1-2-4-13(11)16(8-15(18)19)14(12)7-10/h1-7,17H,8-9H2,(H,18,19). The average Bonchev–Trinajstić information content (AvgIpc) is 2.73. The van der Waals surface area contributed by atoms with Gasteiger partial charge in [-0.2, -0.15) is 0 Å². The number of carboxylic acids is 1. The molecule has 1 heterocycles. The summed E-state index contributed by atoms with van der Waals surface area (Å²) >= 11 is 0. The summed E-state index contributed by atoms with van der Waals surface area (Å²) in [5.41, 5.74) is 1.64. The number of ether oxygens (including phenoxy) is 1. The number of aromatic nitrogens is 1. The van der Waals surface area contributed by atoms with E-state index in [-0.39, 0.29) is 6.54 Å². The lowest BCUT2D eigenvalue weighted by Gasteiger charge is -2.05. The largest absolute Gasteiger partial charge is 0.480 e. The number of carboxylic acid groups (broad SMARTS) is 1. The topological polar surface area (TPSA) is 71.7 Å². The van der Waals surface area contributed by atoms with Gasteiger partial charge < -0.3 is 19.5 Å². The summed E-state index contributed by atoms with van der Waals surface area (Å²) in [4.78, 5) is 11.1. The van der Waals surface area contributed by atoms with Crippen molar-refractivity contribution < 1.29 is 19.7 Å². The fourth-order valence-electron chi connectivity index (χ4n) is 2.50. The van der Waals surface area contributed by atoms with Crippen LogP contribution in [-0.4, -0.2) is 27.5 Å². The van der Waals surface area contributed by atoms with Gasteiger partial charge in [0, 0.05) is 22.4 Å². The van der Waals surface area contributed by atoms with Gasteiger partial charge in [-0.1, -0.05) is 18.2 Å². The van der Waals surface area contributed by atoms with Crippen molar-refractivity contribution in [2.24, 2.45) is 0 Å². The van der Waals surface area contributed by atoms with Crippen molar-refractivity contribution >= 4 is 27.8 Å². The SMILES string of the molecule is O=C(O)Cn1c2ccccc2c2ccc(OCO)cc21. The van der Waals surface area contributed by atoms with Crippen molar-refractivity contribution in [3.8, 4) is 5.75 Å². The Bertz CT molecular complexity index is 791. The predicted octanol–water partition coefficient (Wildman–Crippen LogP) is 2.21. The van der Waals surface area contributed by atoms with E-state index in [2.05, 4.69) is 0 Å². The first-order valence-corrected chi connectivity index (χ1v) is 6.17. The van der Waals surface area contributed by atoms with Gasteiger partial charge >= 0.3 is 5.97 Å². The van der Waals surface area contributed by atoms with Crippen molar-refractivity contribution in [3.05, 3.63) is 42.5 Å². The third-order valence-corrected chi connectivity index (χ3v) is 3.27. The highest BCUT2D eigenvalue weighted by atomic mass is 16.6. The number of aliphatic carboxylic acids is 1. The molecule has 0 aliphatic rings. The van der Waals surface area contributed by atoms with E-state index in [0.29, 0.717) is 5.75 Å². The molecule has 0 amide bonds. The second kappa shape index (κ2) is 4.86. The molecule has 1 aromatic heterocycles. The number of hydrogen-bond acceptors (Lipinski definition) is 3. The maximum Gasteiger partial charge on any atom is 0.323 e. The molecule has 0 bridgehead atoms. The number of aliphatic hydroxyl groups excluding tert-OH is 1. The van der Waals surface area contributed by atoms with Crippen LogP contribution in [0, 0.1) is 0 Å². The molecule has 0 aliphatic heterocycles. The van der Waals surface area contributed by atoms with Crippen LogP contribution < -0.4 is 4.74 Å². The maximum atomic E-state index is 11.1. The van der Waals surface area contributed by atoms with E-state index in [9.17, 15) is 4.79 Å². The summed E-state index contributed by atoms with van der Waals surface area (Å²) in [6.07, 6.45) is 0. The monoisotopic (exact) mass is 271 g/mol. The van der Waals surface area contributed by atoms with Crippen LogP contribution in [0.1, 0.15) is 0 Å². The summed E-state index contributed by atoms with van der Waals surface area (Å²) < 4.78 is 6.80. The lowest BCUT2D eigenvalue weighted by molar-refractivity contribution is -0.137. The molecule has 5 heteroatoms. The van der Waals surface area contributed by atoms with Crippen LogP contribution in [0.15, 0.2) is 42.5 Å². The van der Waals surface area contributed by atoms with E-state index in [0.717, 1.165) is 21.8 Å². The van der Waals surface area contributed by atoms with Gasteiger partial charge in [0.15, 0.2) is 6.79 Å². The number of aliphatic hydroxyl groups is 1. The van der Waals surface area contributed by atoms with Crippen LogP contribution in [0.2, 0.25) is 0 Å². The maximum absolute atomic E-state index is 11.1. The van der Waals surface area contributed by atoms with E-state index < -0.39 is 12.8 Å². The first-order valence-electron chi connectivity index (χ1n) is 6.17. The molecule has 0 saturated carbocycles. The normalized spacial score (nSPS) is 11.1. The third-order valence-electron chi connectivity index (χ3n) is 3.27. The Kier molecular flexibility index (Phi) is 3.04. The Morgan fingerprint density at radius 1 is 1.10 bits per heavy atom. The molecular formula is C15H13NO4. The first kappa shape index (κ1) is 12.5. The van der Waals surface area contributed by atoms with Crippen LogP contribution in [0.25, 0.3) is 21.8 Å². The molecule has 0 spiro atoms. The quantitative estimate of drug-likeness (QED) is 0.714. The summed E-state index contributed by atoms with van der Waals surface area (Å²) in [5, 5.41) is 19.9. The van der Waals surface area contributed by atoms with Crippen molar-refractivity contribution in [2.45, 2.75) is 6.54 Å². The van der Waals surface area contributed by atoms with Gasteiger partial charge in [-0.25, -0.2) is 0 Å². The smallest absolute Gasteiger partial charge is 0.323 e. The zero-order chi connectivity index (χ0) is 14.1. The minimum Gasteiger partial charge on any atom is -0.480 e. The number of benzene rings is 2. The summed E-state index contributed by atoms with van der Waals surface area (Å²) in [7, 11) is 0. The second-order valence-electron chi connectivity index (χ2n) is 4.45. The van der Waals surface area contributed by atoms with E-state index in [1.54, 1.807) is 16.7 Å². The lowest BCUT2D eigenvalue weighted by atomic mass is 10.1. The molecule has 0 unspecified atom stereocenters. The van der Waals surface area contributed by atoms with E-state index in [1.807, 2.05) is 30.3 Å². The predicted molar refractivity (Wildman–Crippen MR) is 74.8 cm³/mol. The van der Waals surface area contributed by atoms with E-state index >= 15 is 0 Å². The molecule has 3 aromatic rings. The summed E-state index contributed by atoms with van der Waals surface area (Å²) in [5.74, 6) is -0.393. The molecule has 0 aliphatic carbocycles. The van der Waals surface area contributed by atoms with Gasteiger partial charge in [-0.05, 0) is 18.2 Å². The third kappa shape index (κ3) is 1.98. The fourth-order valence-corrected chi connectivity index (χ4v) is 2.50. The highest BCUT2D eigenvalue weighted by Crippen LogP contribution is 2.31. The number of carbonyl (C=O) groups is 1. The van der Waals surface area contributed by atoms with Gasteiger partial charge in [0.1, 0.15) is 12.3 Å². The molecule has 20 heavy (non-hydrogen) atoms. The zero-order valence-corrected chi connectivity index (χ0v) is 10.6. The molecule has 102 valence electrons. The highest BCUT2D eigenvalue weighted by Gasteiger charge is 2.13. The Balaban J connectivity index is 2.32. The highest BCUT2D eigenvalue weighted by molar-refractivity contribution is 6.08. The van der Waals surface area contributed by atoms with Crippen LogP contribution in [0.4, 0.5) is 0 Å². The number of hydrogen-bond donors (Lipinski definition) is 2. The number of nitrogens with zero attached hydrogens (tertiary/aromatic N) is 1. The number of fused-ring (bicyclic) bond motifs is 3. The molecule has 3 rings (SSSR count). The van der Waals surface area contributed by atoms with Crippen LogP contribution in [0.5, 0.6) is 5.75 Å². The second-order valence-corrected chi connectivity index (χ2v) is 4.45. The lowest BCUT2D eigenvalue weighted by Crippen LogP contribution is -2.08. The van der Waals surface area contributed by atoms with Crippen molar-refractivity contribution in [3.63, 3.8) is 0 Å².